The maximum atomic E-state index is 13.6. The molecule has 3 aromatic heterocycles. The van der Waals surface area contributed by atoms with Gasteiger partial charge in [-0.25, -0.2) is 9.97 Å². The molecule has 4 heterocycles. The number of aliphatic hydroxyl groups is 1. The number of imidazole rings is 1. The number of carbonyl (C=O) groups excluding carboxylic acids is 2. The third-order valence-electron chi connectivity index (χ3n) is 6.56. The fourth-order valence-corrected chi connectivity index (χ4v) is 6.60. The number of nitrogens with zero attached hydrogens (tertiary/aromatic N) is 4. The van der Waals surface area contributed by atoms with Crippen LogP contribution in [0.25, 0.3) is 21.6 Å². The Morgan fingerprint density at radius 3 is 2.62 bits per heavy atom. The predicted octanol–water partition coefficient (Wildman–Crippen LogP) is 6.26. The van der Waals surface area contributed by atoms with E-state index < -0.39 is 17.7 Å². The van der Waals surface area contributed by atoms with Crippen LogP contribution in [0.15, 0.2) is 70.8 Å². The van der Waals surface area contributed by atoms with E-state index in [9.17, 15) is 14.7 Å². The summed E-state index contributed by atoms with van der Waals surface area (Å²) in [5.41, 5.74) is 5.12. The molecule has 6 rings (SSSR count). The molecule has 7 nitrogen and oxygen atoms in total. The number of hydrogen-bond acceptors (Lipinski definition) is 6. The zero-order valence-electron chi connectivity index (χ0n) is 20.2. The van der Waals surface area contributed by atoms with Crippen LogP contribution in [-0.4, -0.2) is 31.2 Å². The number of pyridine rings is 1. The Kier molecular flexibility index (Phi) is 5.50. The molecule has 0 bridgehead atoms. The van der Waals surface area contributed by atoms with E-state index in [0.29, 0.717) is 27.7 Å². The summed E-state index contributed by atoms with van der Waals surface area (Å²) in [6, 6.07) is 16.1. The Balaban J connectivity index is 1.63. The lowest BCUT2D eigenvalue weighted by molar-refractivity contribution is -0.132. The van der Waals surface area contributed by atoms with Gasteiger partial charge in [0.25, 0.3) is 5.78 Å². The highest BCUT2D eigenvalue weighted by molar-refractivity contribution is 9.10. The number of halogens is 1. The van der Waals surface area contributed by atoms with E-state index in [2.05, 4.69) is 20.9 Å². The molecule has 37 heavy (non-hydrogen) atoms. The second kappa shape index (κ2) is 8.64. The number of Topliss-reactive ketones (excluding diaryl/α,β-unsaturated/α-hetero) is 1. The second-order valence-electron chi connectivity index (χ2n) is 9.12. The number of aromatic nitrogens is 3. The molecule has 1 aliphatic rings. The Labute approximate surface area is 224 Å². The number of hydrogen-bond donors (Lipinski definition) is 1. The molecular formula is C28H21BrN4O3S. The quantitative estimate of drug-likeness (QED) is 0.157. The number of anilines is 1. The average Bonchev–Trinajstić information content (AvgIpc) is 3.50. The van der Waals surface area contributed by atoms with Crippen molar-refractivity contribution in [2.45, 2.75) is 26.8 Å². The number of aliphatic hydroxyl groups excluding tert-OH is 1. The topological polar surface area (TPSA) is 87.8 Å². The Morgan fingerprint density at radius 2 is 1.84 bits per heavy atom. The lowest BCUT2D eigenvalue weighted by atomic mass is 9.96. The van der Waals surface area contributed by atoms with Crippen LogP contribution < -0.4 is 4.90 Å². The van der Waals surface area contributed by atoms with E-state index in [-0.39, 0.29) is 11.3 Å². The molecule has 0 saturated carbocycles. The molecule has 1 atom stereocenters. The molecule has 1 saturated heterocycles. The first kappa shape index (κ1) is 23.6. The maximum absolute atomic E-state index is 13.6. The minimum atomic E-state index is -0.867. The number of aryl methyl sites for hydroxylation is 3. The molecule has 2 aromatic carbocycles. The normalized spacial score (nSPS) is 17.4. The molecule has 0 spiro atoms. The maximum Gasteiger partial charge on any atom is 0.301 e. The zero-order valence-corrected chi connectivity index (χ0v) is 22.6. The third kappa shape index (κ3) is 3.69. The van der Waals surface area contributed by atoms with Crippen LogP contribution in [0.5, 0.6) is 0 Å². The van der Waals surface area contributed by atoms with Gasteiger partial charge >= 0.3 is 5.91 Å². The number of thiazole rings is 1. The fourth-order valence-electron chi connectivity index (χ4n) is 5.01. The monoisotopic (exact) mass is 572 g/mol. The molecule has 1 N–H and O–H groups in total. The van der Waals surface area contributed by atoms with Gasteiger partial charge in [0.05, 0.1) is 27.5 Å². The van der Waals surface area contributed by atoms with Crippen molar-refractivity contribution in [3.8, 4) is 0 Å². The first-order chi connectivity index (χ1) is 17.7. The number of ketones is 1. The summed E-state index contributed by atoms with van der Waals surface area (Å²) in [6.07, 6.45) is 1.77. The Hall–Kier alpha value is -3.82. The van der Waals surface area contributed by atoms with Crippen molar-refractivity contribution in [1.82, 2.24) is 14.4 Å². The zero-order chi connectivity index (χ0) is 26.0. The van der Waals surface area contributed by atoms with Gasteiger partial charge in [0.15, 0.2) is 10.9 Å². The average molecular weight is 573 g/mol. The molecule has 0 radical (unpaired) electrons. The molecular weight excluding hydrogens is 552 g/mol. The molecule has 1 fully saturated rings. The Morgan fingerprint density at radius 1 is 1.03 bits per heavy atom. The first-order valence-corrected chi connectivity index (χ1v) is 13.2. The number of benzene rings is 2. The van der Waals surface area contributed by atoms with E-state index in [4.69, 9.17) is 4.98 Å². The summed E-state index contributed by atoms with van der Waals surface area (Å²) in [4.78, 5) is 37.9. The van der Waals surface area contributed by atoms with E-state index in [1.807, 2.05) is 68.4 Å². The minimum Gasteiger partial charge on any atom is -0.505 e. The van der Waals surface area contributed by atoms with E-state index >= 15 is 0 Å². The summed E-state index contributed by atoms with van der Waals surface area (Å²) in [5.74, 6) is -1.76. The van der Waals surface area contributed by atoms with E-state index in [1.54, 1.807) is 17.5 Å². The van der Waals surface area contributed by atoms with Crippen molar-refractivity contribution in [3.63, 3.8) is 0 Å². The smallest absolute Gasteiger partial charge is 0.301 e. The minimum absolute atomic E-state index is 0.00371. The van der Waals surface area contributed by atoms with Gasteiger partial charge in [-0.05, 0) is 67.8 Å². The highest BCUT2D eigenvalue weighted by Gasteiger charge is 2.48. The summed E-state index contributed by atoms with van der Waals surface area (Å²) in [6.45, 7) is 5.76. The van der Waals surface area contributed by atoms with Crippen molar-refractivity contribution in [2.24, 2.45) is 0 Å². The number of carbonyl (C=O) groups is 2. The van der Waals surface area contributed by atoms with Gasteiger partial charge in [-0.1, -0.05) is 51.5 Å². The van der Waals surface area contributed by atoms with Crippen LogP contribution in [0.4, 0.5) is 5.13 Å². The first-order valence-electron chi connectivity index (χ1n) is 11.6. The van der Waals surface area contributed by atoms with Crippen LogP contribution in [0.3, 0.4) is 0 Å². The standard InChI is InChI=1S/C28H21BrN4O3S/c1-14-11-15(2)22-19(12-14)37-28(31-22)33-24(17-7-6-8-18(29)13-17)21(26(35)27(33)36)25(34)23-16(3)30-20-9-4-5-10-32(20)23/h4-13,24,34H,1-3H3/b25-21+. The van der Waals surface area contributed by atoms with Crippen molar-refractivity contribution in [1.29, 1.82) is 0 Å². The van der Waals surface area contributed by atoms with Crippen molar-refractivity contribution < 1.29 is 14.7 Å². The number of fused-ring (bicyclic) bond motifs is 2. The molecule has 184 valence electrons. The third-order valence-corrected chi connectivity index (χ3v) is 8.06. The van der Waals surface area contributed by atoms with Crippen molar-refractivity contribution in [3.05, 3.63) is 98.9 Å². The van der Waals surface area contributed by atoms with Crippen LogP contribution in [0.1, 0.15) is 34.1 Å². The van der Waals surface area contributed by atoms with Gasteiger partial charge in [0.2, 0.25) is 0 Å². The van der Waals surface area contributed by atoms with Crippen LogP contribution >= 0.6 is 27.3 Å². The van der Waals surface area contributed by atoms with Crippen LogP contribution in [0.2, 0.25) is 0 Å². The molecule has 1 unspecified atom stereocenters. The summed E-state index contributed by atoms with van der Waals surface area (Å²) in [5, 5.41) is 12.1. The molecule has 0 aliphatic carbocycles. The summed E-state index contributed by atoms with van der Waals surface area (Å²) < 4.78 is 3.44. The van der Waals surface area contributed by atoms with Crippen LogP contribution in [0, 0.1) is 20.8 Å². The number of rotatable bonds is 3. The highest BCUT2D eigenvalue weighted by atomic mass is 79.9. The summed E-state index contributed by atoms with van der Waals surface area (Å²) in [7, 11) is 0. The molecule has 1 aliphatic heterocycles. The molecule has 5 aromatic rings. The van der Waals surface area contributed by atoms with Gasteiger partial charge < -0.3 is 5.11 Å². The highest BCUT2D eigenvalue weighted by Crippen LogP contribution is 2.45. The Bertz CT molecular complexity index is 1800. The van der Waals surface area contributed by atoms with Gasteiger partial charge in [0.1, 0.15) is 11.3 Å². The molecule has 9 heteroatoms. The fraction of sp³-hybridized carbons (Fsp3) is 0.143. The second-order valence-corrected chi connectivity index (χ2v) is 11.0. The van der Waals surface area contributed by atoms with E-state index in [0.717, 1.165) is 25.8 Å². The lowest BCUT2D eigenvalue weighted by Crippen LogP contribution is -2.29. The van der Waals surface area contributed by atoms with Crippen LogP contribution in [-0.2, 0) is 9.59 Å². The van der Waals surface area contributed by atoms with Gasteiger partial charge in [-0.2, -0.15) is 0 Å². The largest absolute Gasteiger partial charge is 0.505 e. The van der Waals surface area contributed by atoms with E-state index in [1.165, 1.54) is 16.2 Å². The van der Waals surface area contributed by atoms with Crippen molar-refractivity contribution in [2.75, 3.05) is 4.90 Å². The SMILES string of the molecule is Cc1cc(C)c2nc(N3C(=O)C(=O)/C(=C(/O)c4c(C)nc5ccccn45)C3c3cccc(Br)c3)sc2c1. The number of amides is 1. The van der Waals surface area contributed by atoms with Gasteiger partial charge in [-0.15, -0.1) is 0 Å². The van der Waals surface area contributed by atoms with Crippen molar-refractivity contribution >= 4 is 65.7 Å². The molecule has 1 amide bonds. The van der Waals surface area contributed by atoms with Gasteiger partial charge in [0, 0.05) is 10.7 Å². The summed E-state index contributed by atoms with van der Waals surface area (Å²) >= 11 is 4.86. The lowest BCUT2D eigenvalue weighted by Gasteiger charge is -2.23. The predicted molar refractivity (Wildman–Crippen MR) is 148 cm³/mol. The van der Waals surface area contributed by atoms with Gasteiger partial charge in [-0.3, -0.25) is 18.9 Å².